The second-order valence-corrected chi connectivity index (χ2v) is 6.04. The molecular formula is C15H18ClN3OS. The number of thioether (sulfide) groups is 1. The highest BCUT2D eigenvalue weighted by Crippen LogP contribution is 2.18. The van der Waals surface area contributed by atoms with Gasteiger partial charge in [-0.05, 0) is 18.6 Å². The molecule has 0 amide bonds. The number of rotatable bonds is 7. The van der Waals surface area contributed by atoms with Gasteiger partial charge in [-0.2, -0.15) is 5.10 Å². The summed E-state index contributed by atoms with van der Waals surface area (Å²) in [5.41, 5.74) is 0.363. The molecule has 1 aromatic carbocycles. The second-order valence-electron chi connectivity index (χ2n) is 4.49. The van der Waals surface area contributed by atoms with Gasteiger partial charge < -0.3 is 5.32 Å². The van der Waals surface area contributed by atoms with E-state index in [2.05, 4.69) is 22.5 Å². The Bertz CT molecular complexity index is 631. The van der Waals surface area contributed by atoms with Crippen molar-refractivity contribution in [1.82, 2.24) is 9.78 Å². The summed E-state index contributed by atoms with van der Waals surface area (Å²) in [6.07, 6.45) is 2.47. The molecule has 0 fully saturated rings. The summed E-state index contributed by atoms with van der Waals surface area (Å²) in [7, 11) is 0. The fraction of sp³-hybridized carbons (Fsp3) is 0.333. The zero-order valence-electron chi connectivity index (χ0n) is 11.9. The molecule has 0 spiro atoms. The lowest BCUT2D eigenvalue weighted by molar-refractivity contribution is 0.568. The third-order valence-corrected chi connectivity index (χ3v) is 4.23. The fourth-order valence-corrected chi connectivity index (χ4v) is 2.83. The zero-order valence-corrected chi connectivity index (χ0v) is 13.5. The minimum Gasteiger partial charge on any atom is -0.382 e. The van der Waals surface area contributed by atoms with E-state index in [9.17, 15) is 4.79 Å². The first-order valence-electron chi connectivity index (χ1n) is 6.89. The van der Waals surface area contributed by atoms with E-state index in [1.54, 1.807) is 18.0 Å². The average molecular weight is 324 g/mol. The summed E-state index contributed by atoms with van der Waals surface area (Å²) < 4.78 is 1.40. The Balaban J connectivity index is 1.89. The van der Waals surface area contributed by atoms with E-state index in [1.807, 2.05) is 25.1 Å². The molecule has 1 aromatic heterocycles. The minimum atomic E-state index is -0.237. The Morgan fingerprint density at radius 2 is 2.10 bits per heavy atom. The number of aryl methyl sites for hydroxylation is 1. The number of halogens is 1. The molecule has 112 valence electrons. The quantitative estimate of drug-likeness (QED) is 0.625. The van der Waals surface area contributed by atoms with Crippen LogP contribution < -0.4 is 10.9 Å². The molecule has 0 bridgehead atoms. The highest BCUT2D eigenvalue weighted by molar-refractivity contribution is 7.99. The Labute approximate surface area is 133 Å². The van der Waals surface area contributed by atoms with E-state index in [4.69, 9.17) is 11.6 Å². The Hall–Kier alpha value is -1.46. The maximum atomic E-state index is 12.0. The monoisotopic (exact) mass is 323 g/mol. The molecule has 2 aromatic rings. The second kappa shape index (κ2) is 8.10. The van der Waals surface area contributed by atoms with Gasteiger partial charge in [-0.25, -0.2) is 4.68 Å². The number of nitrogens with zero attached hydrogens (tertiary/aromatic N) is 2. The van der Waals surface area contributed by atoms with Crippen LogP contribution in [0.5, 0.6) is 0 Å². The third-order valence-electron chi connectivity index (χ3n) is 2.85. The molecule has 0 saturated carbocycles. The summed E-state index contributed by atoms with van der Waals surface area (Å²) in [6, 6.07) is 10.2. The standard InChI is InChI=1S/C15H18ClN3OS/c1-2-9-19-15(20)14(16)13(11-18-19)17-8-10-21-12-6-4-3-5-7-12/h3-7,11,17H,2,8-10H2,1H3. The highest BCUT2D eigenvalue weighted by atomic mass is 35.5. The molecule has 6 heteroatoms. The minimum absolute atomic E-state index is 0.211. The summed E-state index contributed by atoms with van der Waals surface area (Å²) in [5, 5.41) is 7.49. The van der Waals surface area contributed by atoms with Crippen LogP contribution in [0.2, 0.25) is 5.02 Å². The molecule has 0 radical (unpaired) electrons. The maximum absolute atomic E-state index is 12.0. The molecule has 1 heterocycles. The zero-order chi connectivity index (χ0) is 15.1. The van der Waals surface area contributed by atoms with Crippen LogP contribution in [0.4, 0.5) is 5.69 Å². The van der Waals surface area contributed by atoms with Gasteiger partial charge in [-0.15, -0.1) is 11.8 Å². The summed E-state index contributed by atoms with van der Waals surface area (Å²) in [4.78, 5) is 13.2. The number of anilines is 1. The largest absolute Gasteiger partial charge is 0.382 e. The first-order valence-corrected chi connectivity index (χ1v) is 8.26. The van der Waals surface area contributed by atoms with Gasteiger partial charge in [0, 0.05) is 23.7 Å². The molecule has 0 saturated heterocycles. The molecule has 1 N–H and O–H groups in total. The van der Waals surface area contributed by atoms with E-state index in [-0.39, 0.29) is 10.6 Å². The molecule has 0 unspecified atom stereocenters. The lowest BCUT2D eigenvalue weighted by atomic mass is 10.4. The van der Waals surface area contributed by atoms with Gasteiger partial charge in [0.1, 0.15) is 5.02 Å². The number of hydrogen-bond donors (Lipinski definition) is 1. The SMILES string of the molecule is CCCn1ncc(NCCSc2ccccc2)c(Cl)c1=O. The van der Waals surface area contributed by atoms with Gasteiger partial charge >= 0.3 is 0 Å². The molecule has 4 nitrogen and oxygen atoms in total. The van der Waals surface area contributed by atoms with Gasteiger partial charge in [-0.1, -0.05) is 36.7 Å². The van der Waals surface area contributed by atoms with E-state index < -0.39 is 0 Å². The molecule has 0 atom stereocenters. The van der Waals surface area contributed by atoms with Crippen molar-refractivity contribution < 1.29 is 0 Å². The van der Waals surface area contributed by atoms with Crippen LogP contribution in [0.15, 0.2) is 46.2 Å². The van der Waals surface area contributed by atoms with Crippen molar-refractivity contribution in [1.29, 1.82) is 0 Å². The molecule has 2 rings (SSSR count). The number of aromatic nitrogens is 2. The predicted octanol–water partition coefficient (Wildman–Crippen LogP) is 3.51. The van der Waals surface area contributed by atoms with Crippen LogP contribution in [-0.2, 0) is 6.54 Å². The molecule has 0 aliphatic heterocycles. The number of hydrogen-bond acceptors (Lipinski definition) is 4. The van der Waals surface area contributed by atoms with Crippen LogP contribution in [0.25, 0.3) is 0 Å². The summed E-state index contributed by atoms with van der Waals surface area (Å²) in [5.74, 6) is 0.887. The maximum Gasteiger partial charge on any atom is 0.287 e. The van der Waals surface area contributed by atoms with Crippen molar-refractivity contribution in [3.05, 3.63) is 51.9 Å². The molecular weight excluding hydrogens is 306 g/mol. The number of nitrogens with one attached hydrogen (secondary N) is 1. The Kier molecular flexibility index (Phi) is 6.14. The Morgan fingerprint density at radius 3 is 2.81 bits per heavy atom. The summed E-state index contributed by atoms with van der Waals surface area (Å²) >= 11 is 7.84. The van der Waals surface area contributed by atoms with E-state index in [1.165, 1.54) is 9.58 Å². The van der Waals surface area contributed by atoms with Crippen LogP contribution in [0.1, 0.15) is 13.3 Å². The van der Waals surface area contributed by atoms with Crippen molar-refractivity contribution in [2.24, 2.45) is 0 Å². The number of benzene rings is 1. The van der Waals surface area contributed by atoms with Crippen LogP contribution in [0, 0.1) is 0 Å². The highest BCUT2D eigenvalue weighted by Gasteiger charge is 2.08. The topological polar surface area (TPSA) is 46.9 Å². The fourth-order valence-electron chi connectivity index (χ4n) is 1.83. The van der Waals surface area contributed by atoms with Crippen molar-refractivity contribution in [3.63, 3.8) is 0 Å². The van der Waals surface area contributed by atoms with Crippen LogP contribution in [0.3, 0.4) is 0 Å². The third kappa shape index (κ3) is 4.51. The van der Waals surface area contributed by atoms with Crippen molar-refractivity contribution in [2.75, 3.05) is 17.6 Å². The normalized spacial score (nSPS) is 10.6. The molecule has 0 aliphatic rings. The first-order chi connectivity index (χ1) is 10.2. The van der Waals surface area contributed by atoms with Crippen LogP contribution in [-0.4, -0.2) is 22.1 Å². The predicted molar refractivity (Wildman–Crippen MR) is 89.5 cm³/mol. The van der Waals surface area contributed by atoms with Gasteiger partial charge in [-0.3, -0.25) is 4.79 Å². The first kappa shape index (κ1) is 15.9. The van der Waals surface area contributed by atoms with Crippen LogP contribution >= 0.6 is 23.4 Å². The lowest BCUT2D eigenvalue weighted by Crippen LogP contribution is -2.24. The molecule has 0 aliphatic carbocycles. The van der Waals surface area contributed by atoms with Crippen molar-refractivity contribution >= 4 is 29.1 Å². The lowest BCUT2D eigenvalue weighted by Gasteiger charge is -2.09. The van der Waals surface area contributed by atoms with E-state index in [0.717, 1.165) is 18.7 Å². The Morgan fingerprint density at radius 1 is 1.33 bits per heavy atom. The van der Waals surface area contributed by atoms with Gasteiger partial charge in [0.15, 0.2) is 0 Å². The summed E-state index contributed by atoms with van der Waals surface area (Å²) in [6.45, 7) is 3.30. The van der Waals surface area contributed by atoms with E-state index >= 15 is 0 Å². The molecule has 21 heavy (non-hydrogen) atoms. The average Bonchev–Trinajstić information content (AvgIpc) is 2.51. The van der Waals surface area contributed by atoms with Gasteiger partial charge in [0.25, 0.3) is 5.56 Å². The smallest absolute Gasteiger partial charge is 0.287 e. The van der Waals surface area contributed by atoms with Crippen molar-refractivity contribution in [2.45, 2.75) is 24.8 Å². The van der Waals surface area contributed by atoms with Crippen molar-refractivity contribution in [3.8, 4) is 0 Å². The van der Waals surface area contributed by atoms with E-state index in [0.29, 0.717) is 12.2 Å². The van der Waals surface area contributed by atoms with Gasteiger partial charge in [0.2, 0.25) is 0 Å². The van der Waals surface area contributed by atoms with Gasteiger partial charge in [0.05, 0.1) is 11.9 Å².